The molecule has 1 unspecified atom stereocenters. The molecule has 5 nitrogen and oxygen atoms in total. The third kappa shape index (κ3) is 7.23. The maximum Gasteiger partial charge on any atom is 0.326 e. The summed E-state index contributed by atoms with van der Waals surface area (Å²) in [5.41, 5.74) is 5.06. The van der Waals surface area contributed by atoms with Gasteiger partial charge in [-0.25, -0.2) is 4.79 Å². The summed E-state index contributed by atoms with van der Waals surface area (Å²) in [6.45, 7) is 7.28. The van der Waals surface area contributed by atoms with E-state index in [1.807, 2.05) is 13.8 Å². The zero-order valence-electron chi connectivity index (χ0n) is 10.4. The lowest BCUT2D eigenvalue weighted by atomic mass is 10.00. The van der Waals surface area contributed by atoms with Crippen molar-refractivity contribution in [1.29, 1.82) is 0 Å². The van der Waals surface area contributed by atoms with Gasteiger partial charge in [0.2, 0.25) is 5.91 Å². The van der Waals surface area contributed by atoms with Crippen LogP contribution in [0, 0.1) is 5.92 Å². The number of carboxylic acid groups (broad SMARTS) is 1. The summed E-state index contributed by atoms with van der Waals surface area (Å²) >= 11 is 0. The van der Waals surface area contributed by atoms with Crippen molar-refractivity contribution in [3.8, 4) is 0 Å². The van der Waals surface area contributed by atoms with E-state index in [2.05, 4.69) is 5.32 Å². The quantitative estimate of drug-likeness (QED) is 0.627. The molecule has 1 atom stereocenters. The van der Waals surface area contributed by atoms with Crippen LogP contribution in [0.2, 0.25) is 0 Å². The van der Waals surface area contributed by atoms with Gasteiger partial charge < -0.3 is 16.2 Å². The van der Waals surface area contributed by atoms with Gasteiger partial charge in [0.15, 0.2) is 0 Å². The fourth-order valence-corrected chi connectivity index (χ4v) is 1.35. The van der Waals surface area contributed by atoms with E-state index in [0.717, 1.165) is 0 Å². The molecule has 0 aliphatic carbocycles. The van der Waals surface area contributed by atoms with E-state index >= 15 is 0 Å². The van der Waals surface area contributed by atoms with Crippen molar-refractivity contribution in [3.63, 3.8) is 0 Å². The normalized spacial score (nSPS) is 13.6. The number of carboxylic acids is 1. The van der Waals surface area contributed by atoms with E-state index in [1.165, 1.54) is 0 Å². The second-order valence-electron chi connectivity index (χ2n) is 5.25. The number of carbonyl (C=O) groups is 2. The summed E-state index contributed by atoms with van der Waals surface area (Å²) in [5, 5.41) is 11.4. The number of nitrogens with two attached hydrogens (primary N) is 1. The lowest BCUT2D eigenvalue weighted by Crippen LogP contribution is -2.46. The highest BCUT2D eigenvalue weighted by atomic mass is 16.4. The molecular weight excluding hydrogens is 208 g/mol. The molecule has 0 bridgehead atoms. The Morgan fingerprint density at radius 2 is 1.88 bits per heavy atom. The number of hydrogen-bond acceptors (Lipinski definition) is 3. The predicted octanol–water partition coefficient (Wildman–Crippen LogP) is 0.729. The number of aliphatic carboxylic acids is 1. The second kappa shape index (κ2) is 5.84. The summed E-state index contributed by atoms with van der Waals surface area (Å²) in [4.78, 5) is 22.4. The van der Waals surface area contributed by atoms with E-state index in [-0.39, 0.29) is 18.2 Å². The van der Waals surface area contributed by atoms with Crippen LogP contribution < -0.4 is 11.1 Å². The van der Waals surface area contributed by atoms with Gasteiger partial charge in [0.05, 0.1) is 0 Å². The van der Waals surface area contributed by atoms with Gasteiger partial charge in [-0.1, -0.05) is 13.8 Å². The first-order chi connectivity index (χ1) is 7.11. The van der Waals surface area contributed by atoms with Crippen molar-refractivity contribution >= 4 is 11.9 Å². The average Bonchev–Trinajstić information content (AvgIpc) is 1.97. The summed E-state index contributed by atoms with van der Waals surface area (Å²) in [7, 11) is 0. The first kappa shape index (κ1) is 14.9. The molecule has 0 rings (SSSR count). The largest absolute Gasteiger partial charge is 0.480 e. The molecular formula is C11H22N2O3. The van der Waals surface area contributed by atoms with Gasteiger partial charge in [0, 0.05) is 12.0 Å². The van der Waals surface area contributed by atoms with Crippen molar-refractivity contribution in [2.24, 2.45) is 11.7 Å². The highest BCUT2D eigenvalue weighted by Gasteiger charge is 2.23. The Morgan fingerprint density at radius 3 is 2.19 bits per heavy atom. The fraction of sp³-hybridized carbons (Fsp3) is 0.818. The van der Waals surface area contributed by atoms with Crippen LogP contribution in [-0.2, 0) is 9.59 Å². The molecule has 0 aromatic rings. The lowest BCUT2D eigenvalue weighted by molar-refractivity contribution is -0.142. The molecule has 16 heavy (non-hydrogen) atoms. The minimum absolute atomic E-state index is 0.120. The molecule has 0 aromatic heterocycles. The summed E-state index contributed by atoms with van der Waals surface area (Å²) < 4.78 is 0. The smallest absolute Gasteiger partial charge is 0.326 e. The van der Waals surface area contributed by atoms with Gasteiger partial charge >= 0.3 is 5.97 Å². The topological polar surface area (TPSA) is 92.4 Å². The van der Waals surface area contributed by atoms with E-state index in [4.69, 9.17) is 10.8 Å². The Hall–Kier alpha value is -1.10. The van der Waals surface area contributed by atoms with E-state index in [9.17, 15) is 9.59 Å². The van der Waals surface area contributed by atoms with Crippen LogP contribution in [0.3, 0.4) is 0 Å². The number of rotatable bonds is 6. The van der Waals surface area contributed by atoms with Gasteiger partial charge in [0.25, 0.3) is 0 Å². The van der Waals surface area contributed by atoms with E-state index in [0.29, 0.717) is 6.42 Å². The third-order valence-electron chi connectivity index (χ3n) is 1.96. The molecule has 1 amide bonds. The molecule has 0 aliphatic rings. The molecule has 94 valence electrons. The number of amides is 1. The number of nitrogens with one attached hydrogen (secondary N) is 1. The Balaban J connectivity index is 4.30. The molecule has 0 heterocycles. The number of carbonyl (C=O) groups excluding carboxylic acids is 1. The second-order valence-corrected chi connectivity index (χ2v) is 5.25. The Bertz CT molecular complexity index is 256. The van der Waals surface area contributed by atoms with Crippen LogP contribution in [0.4, 0.5) is 0 Å². The van der Waals surface area contributed by atoms with E-state index in [1.54, 1.807) is 13.8 Å². The van der Waals surface area contributed by atoms with Crippen molar-refractivity contribution in [3.05, 3.63) is 0 Å². The van der Waals surface area contributed by atoms with Crippen LogP contribution in [0.15, 0.2) is 0 Å². The first-order valence-corrected chi connectivity index (χ1v) is 5.43. The average molecular weight is 230 g/mol. The van der Waals surface area contributed by atoms with Crippen LogP contribution in [0.5, 0.6) is 0 Å². The van der Waals surface area contributed by atoms with E-state index < -0.39 is 17.6 Å². The SMILES string of the molecule is CC(C)CC(NC(=O)CC(C)(C)N)C(=O)O. The molecule has 4 N–H and O–H groups in total. The monoisotopic (exact) mass is 230 g/mol. The van der Waals surface area contributed by atoms with Gasteiger partial charge in [-0.3, -0.25) is 4.79 Å². The molecule has 0 radical (unpaired) electrons. The summed E-state index contributed by atoms with van der Waals surface area (Å²) in [5.74, 6) is -1.11. The van der Waals surface area contributed by atoms with Gasteiger partial charge in [-0.15, -0.1) is 0 Å². The van der Waals surface area contributed by atoms with Crippen LogP contribution in [-0.4, -0.2) is 28.6 Å². The van der Waals surface area contributed by atoms with Crippen LogP contribution >= 0.6 is 0 Å². The minimum Gasteiger partial charge on any atom is -0.480 e. The third-order valence-corrected chi connectivity index (χ3v) is 1.96. The van der Waals surface area contributed by atoms with Crippen molar-refractivity contribution in [1.82, 2.24) is 5.32 Å². The van der Waals surface area contributed by atoms with Gasteiger partial charge in [-0.05, 0) is 26.2 Å². The zero-order valence-corrected chi connectivity index (χ0v) is 10.4. The summed E-state index contributed by atoms with van der Waals surface area (Å²) in [6.07, 6.45) is 0.543. The van der Waals surface area contributed by atoms with Crippen molar-refractivity contribution in [2.45, 2.75) is 52.1 Å². The molecule has 0 spiro atoms. The Kier molecular flexibility index (Phi) is 5.44. The molecule has 0 aromatic carbocycles. The Labute approximate surface area is 96.4 Å². The zero-order chi connectivity index (χ0) is 12.9. The maximum atomic E-state index is 11.5. The summed E-state index contributed by atoms with van der Waals surface area (Å²) in [6, 6.07) is -0.824. The maximum absolute atomic E-state index is 11.5. The predicted molar refractivity (Wildman–Crippen MR) is 61.9 cm³/mol. The standard InChI is InChI=1S/C11H22N2O3/c1-7(2)5-8(10(15)16)13-9(14)6-11(3,4)12/h7-8H,5-6,12H2,1-4H3,(H,13,14)(H,15,16). The van der Waals surface area contributed by atoms with Gasteiger partial charge in [0.1, 0.15) is 6.04 Å². The first-order valence-electron chi connectivity index (χ1n) is 5.43. The van der Waals surface area contributed by atoms with Gasteiger partial charge in [-0.2, -0.15) is 0 Å². The number of hydrogen-bond donors (Lipinski definition) is 3. The fourth-order valence-electron chi connectivity index (χ4n) is 1.35. The highest BCUT2D eigenvalue weighted by Crippen LogP contribution is 2.07. The van der Waals surface area contributed by atoms with Crippen molar-refractivity contribution < 1.29 is 14.7 Å². The molecule has 0 aliphatic heterocycles. The minimum atomic E-state index is -1.00. The van der Waals surface area contributed by atoms with Crippen LogP contribution in [0.25, 0.3) is 0 Å². The van der Waals surface area contributed by atoms with Crippen molar-refractivity contribution in [2.75, 3.05) is 0 Å². The van der Waals surface area contributed by atoms with Crippen LogP contribution in [0.1, 0.15) is 40.5 Å². The molecule has 0 saturated heterocycles. The molecule has 0 saturated carbocycles. The Morgan fingerprint density at radius 1 is 1.38 bits per heavy atom. The lowest BCUT2D eigenvalue weighted by Gasteiger charge is -2.21. The molecule has 0 fully saturated rings. The highest BCUT2D eigenvalue weighted by molar-refractivity contribution is 5.84. The molecule has 5 heteroatoms.